The molecule has 0 saturated heterocycles. The van der Waals surface area contributed by atoms with E-state index in [1.54, 1.807) is 0 Å². The Morgan fingerprint density at radius 2 is 1.91 bits per heavy atom. The van der Waals surface area contributed by atoms with Gasteiger partial charge in [0.1, 0.15) is 5.75 Å². The Hall–Kier alpha value is -2.24. The van der Waals surface area contributed by atoms with Crippen LogP contribution in [-0.4, -0.2) is 23.6 Å². The van der Waals surface area contributed by atoms with E-state index in [9.17, 15) is 5.11 Å². The van der Waals surface area contributed by atoms with Crippen LogP contribution in [0.2, 0.25) is 10.0 Å². The van der Waals surface area contributed by atoms with Gasteiger partial charge in [-0.1, -0.05) is 41.4 Å². The smallest absolute Gasteiger partial charge is 0.291 e. The first kappa shape index (κ1) is 13.4. The number of phenols is 1. The van der Waals surface area contributed by atoms with Crippen molar-refractivity contribution in [3.8, 4) is 5.75 Å². The number of fused-ring (bicyclic) bond motifs is 3. The number of aromatic hydroxyl groups is 1. The summed E-state index contributed by atoms with van der Waals surface area (Å²) in [5.41, 5.74) is 1.79. The van der Waals surface area contributed by atoms with Gasteiger partial charge < -0.3 is 9.84 Å². The zero-order valence-corrected chi connectivity index (χ0v) is 12.6. The Balaban J connectivity index is 1.84. The zero-order valence-electron chi connectivity index (χ0n) is 11.1. The quantitative estimate of drug-likeness (QED) is 0.867. The summed E-state index contributed by atoms with van der Waals surface area (Å²) in [6.07, 6.45) is 0.855. The van der Waals surface area contributed by atoms with Crippen molar-refractivity contribution in [1.82, 2.24) is 0 Å². The SMILES string of the molecule is Oc1c(Cl)cc(Cl)c2c1C=NC1OC(c3ccccc3)=NN21. The molecule has 2 aromatic rings. The molecule has 5 nitrogen and oxygen atoms in total. The molecule has 1 unspecified atom stereocenters. The monoisotopic (exact) mass is 333 g/mol. The molecule has 2 heterocycles. The lowest BCUT2D eigenvalue weighted by Crippen LogP contribution is -2.30. The Kier molecular flexibility index (Phi) is 2.99. The highest BCUT2D eigenvalue weighted by Gasteiger charge is 2.36. The second kappa shape index (κ2) is 4.90. The third-order valence-electron chi connectivity index (χ3n) is 3.42. The molecule has 0 spiro atoms. The van der Waals surface area contributed by atoms with Crippen molar-refractivity contribution >= 4 is 41.0 Å². The van der Waals surface area contributed by atoms with Crippen LogP contribution in [0.5, 0.6) is 5.75 Å². The predicted molar refractivity (Wildman–Crippen MR) is 86.1 cm³/mol. The van der Waals surface area contributed by atoms with Gasteiger partial charge in [0.2, 0.25) is 5.90 Å². The van der Waals surface area contributed by atoms with Gasteiger partial charge in [-0.15, -0.1) is 5.10 Å². The number of aliphatic imine (C=N–C) groups is 1. The molecule has 2 aliphatic heterocycles. The maximum Gasteiger partial charge on any atom is 0.291 e. The maximum atomic E-state index is 10.1. The van der Waals surface area contributed by atoms with Gasteiger partial charge in [-0.2, -0.15) is 5.01 Å². The minimum atomic E-state index is -0.638. The average Bonchev–Trinajstić information content (AvgIpc) is 2.97. The standard InChI is InChI=1S/C15H9Cl2N3O2/c16-10-6-11(17)13(21)9-7-18-15-20(12(9)10)19-14(22-15)8-4-2-1-3-5-8/h1-7,15,21H. The Labute approximate surface area is 136 Å². The Morgan fingerprint density at radius 3 is 2.68 bits per heavy atom. The lowest BCUT2D eigenvalue weighted by atomic mass is 10.1. The van der Waals surface area contributed by atoms with Crippen molar-refractivity contribution in [3.63, 3.8) is 0 Å². The number of anilines is 1. The number of hydrazone groups is 1. The molecule has 110 valence electrons. The summed E-state index contributed by atoms with van der Waals surface area (Å²) < 4.78 is 5.74. The molecule has 2 aromatic carbocycles. The van der Waals surface area contributed by atoms with Crippen molar-refractivity contribution < 1.29 is 9.84 Å². The largest absolute Gasteiger partial charge is 0.506 e. The Bertz CT molecular complexity index is 821. The van der Waals surface area contributed by atoms with E-state index in [4.69, 9.17) is 27.9 Å². The van der Waals surface area contributed by atoms with Gasteiger partial charge in [0, 0.05) is 11.8 Å². The molecule has 1 N–H and O–H groups in total. The molecule has 0 aliphatic carbocycles. The molecule has 0 amide bonds. The van der Waals surface area contributed by atoms with E-state index >= 15 is 0 Å². The maximum absolute atomic E-state index is 10.1. The fraction of sp³-hybridized carbons (Fsp3) is 0.0667. The van der Waals surface area contributed by atoms with Gasteiger partial charge >= 0.3 is 0 Å². The highest BCUT2D eigenvalue weighted by molar-refractivity contribution is 6.38. The van der Waals surface area contributed by atoms with Crippen molar-refractivity contribution in [3.05, 3.63) is 57.6 Å². The highest BCUT2D eigenvalue weighted by atomic mass is 35.5. The lowest BCUT2D eigenvalue weighted by Gasteiger charge is -2.25. The topological polar surface area (TPSA) is 57.4 Å². The number of nitrogens with zero attached hydrogens (tertiary/aromatic N) is 3. The summed E-state index contributed by atoms with van der Waals surface area (Å²) in [6.45, 7) is 0. The van der Waals surface area contributed by atoms with Crippen LogP contribution in [-0.2, 0) is 4.74 Å². The number of rotatable bonds is 1. The van der Waals surface area contributed by atoms with Crippen molar-refractivity contribution in [2.75, 3.05) is 5.01 Å². The second-order valence-corrected chi connectivity index (χ2v) is 5.60. The van der Waals surface area contributed by atoms with E-state index in [0.29, 0.717) is 22.2 Å². The van der Waals surface area contributed by atoms with E-state index in [1.807, 2.05) is 30.3 Å². The van der Waals surface area contributed by atoms with Crippen LogP contribution in [0.3, 0.4) is 0 Å². The van der Waals surface area contributed by atoms with Crippen LogP contribution in [0.25, 0.3) is 0 Å². The van der Waals surface area contributed by atoms with Crippen LogP contribution in [0.4, 0.5) is 5.69 Å². The Morgan fingerprint density at radius 1 is 1.14 bits per heavy atom. The van der Waals surface area contributed by atoms with Gasteiger partial charge in [0.25, 0.3) is 6.35 Å². The molecule has 0 fully saturated rings. The number of benzene rings is 2. The molecular formula is C15H9Cl2N3O2. The fourth-order valence-corrected chi connectivity index (χ4v) is 2.96. The molecule has 2 aliphatic rings. The highest BCUT2D eigenvalue weighted by Crippen LogP contribution is 2.44. The number of hydrogen-bond donors (Lipinski definition) is 1. The van der Waals surface area contributed by atoms with Crippen molar-refractivity contribution in [2.45, 2.75) is 6.35 Å². The number of ether oxygens (including phenoxy) is 1. The minimum absolute atomic E-state index is 0.0772. The summed E-state index contributed by atoms with van der Waals surface area (Å²) in [5.74, 6) is 0.368. The lowest BCUT2D eigenvalue weighted by molar-refractivity contribution is 0.223. The van der Waals surface area contributed by atoms with Crippen LogP contribution in [0.15, 0.2) is 46.5 Å². The van der Waals surface area contributed by atoms with Gasteiger partial charge in [0.05, 0.1) is 21.3 Å². The normalized spacial score (nSPS) is 18.5. The molecule has 7 heteroatoms. The third-order valence-corrected chi connectivity index (χ3v) is 4.00. The molecule has 1 atom stereocenters. The number of hydrogen-bond acceptors (Lipinski definition) is 5. The van der Waals surface area contributed by atoms with Crippen LogP contribution >= 0.6 is 23.2 Å². The van der Waals surface area contributed by atoms with E-state index in [1.165, 1.54) is 17.3 Å². The molecule has 4 rings (SSSR count). The molecule has 0 bridgehead atoms. The molecule has 22 heavy (non-hydrogen) atoms. The second-order valence-electron chi connectivity index (χ2n) is 4.79. The predicted octanol–water partition coefficient (Wildman–Crippen LogP) is 3.61. The van der Waals surface area contributed by atoms with Crippen molar-refractivity contribution in [1.29, 1.82) is 0 Å². The molecular weight excluding hydrogens is 325 g/mol. The summed E-state index contributed by atoms with van der Waals surface area (Å²) >= 11 is 12.2. The molecule has 0 aromatic heterocycles. The van der Waals surface area contributed by atoms with Crippen LogP contribution in [0.1, 0.15) is 11.1 Å². The molecule has 0 radical (unpaired) electrons. The number of halogens is 2. The first-order valence-electron chi connectivity index (χ1n) is 6.49. The summed E-state index contributed by atoms with van der Waals surface area (Å²) in [7, 11) is 0. The van der Waals surface area contributed by atoms with Gasteiger partial charge in [-0.25, -0.2) is 4.99 Å². The van der Waals surface area contributed by atoms with E-state index in [-0.39, 0.29) is 10.8 Å². The average molecular weight is 334 g/mol. The zero-order chi connectivity index (χ0) is 15.3. The van der Waals surface area contributed by atoms with Crippen LogP contribution in [0, 0.1) is 0 Å². The van der Waals surface area contributed by atoms with Gasteiger partial charge in [-0.3, -0.25) is 0 Å². The first-order chi connectivity index (χ1) is 10.6. The van der Waals surface area contributed by atoms with Crippen LogP contribution < -0.4 is 5.01 Å². The number of phenolic OH excluding ortho intramolecular Hbond substituents is 1. The van der Waals surface area contributed by atoms with E-state index in [2.05, 4.69) is 10.1 Å². The van der Waals surface area contributed by atoms with E-state index in [0.717, 1.165) is 5.56 Å². The summed E-state index contributed by atoms with van der Waals surface area (Å²) in [4.78, 5) is 4.24. The molecule has 0 saturated carbocycles. The summed E-state index contributed by atoms with van der Waals surface area (Å²) in [5, 5.41) is 16.6. The first-order valence-corrected chi connectivity index (χ1v) is 7.25. The fourth-order valence-electron chi connectivity index (χ4n) is 2.39. The van der Waals surface area contributed by atoms with E-state index < -0.39 is 6.35 Å². The van der Waals surface area contributed by atoms with Gasteiger partial charge in [-0.05, 0) is 18.2 Å². The summed E-state index contributed by atoms with van der Waals surface area (Å²) in [6, 6.07) is 11.0. The van der Waals surface area contributed by atoms with Crippen molar-refractivity contribution in [2.24, 2.45) is 10.1 Å². The van der Waals surface area contributed by atoms with Gasteiger partial charge in [0.15, 0.2) is 0 Å². The third kappa shape index (κ3) is 1.94. The minimum Gasteiger partial charge on any atom is -0.506 e.